The van der Waals surface area contributed by atoms with Crippen molar-refractivity contribution in [3.8, 4) is 0 Å². The maximum Gasteiger partial charge on any atom is 0.166 e. The van der Waals surface area contributed by atoms with E-state index in [2.05, 4.69) is 13.0 Å². The Morgan fingerprint density at radius 2 is 1.76 bits per heavy atom. The van der Waals surface area contributed by atoms with Crippen molar-refractivity contribution in [1.29, 1.82) is 0 Å². The molecule has 1 aromatic rings. The van der Waals surface area contributed by atoms with Crippen LogP contribution in [0.15, 0.2) is 24.3 Å². The lowest BCUT2D eigenvalue weighted by Gasteiger charge is -2.35. The minimum atomic E-state index is -0.734. The van der Waals surface area contributed by atoms with Gasteiger partial charge in [0.05, 0.1) is 0 Å². The van der Waals surface area contributed by atoms with Gasteiger partial charge in [0.2, 0.25) is 0 Å². The summed E-state index contributed by atoms with van der Waals surface area (Å²) in [4.78, 5) is 0. The molecule has 25 heavy (non-hydrogen) atoms. The van der Waals surface area contributed by atoms with Crippen LogP contribution in [0.4, 0.5) is 8.78 Å². The van der Waals surface area contributed by atoms with Gasteiger partial charge < -0.3 is 0 Å². The zero-order valence-corrected chi connectivity index (χ0v) is 15.6. The van der Waals surface area contributed by atoms with Gasteiger partial charge in [-0.3, -0.25) is 0 Å². The van der Waals surface area contributed by atoms with E-state index in [1.165, 1.54) is 57.4 Å². The number of allylic oxidation sites excluding steroid dienone is 2. The second kappa shape index (κ2) is 8.96. The van der Waals surface area contributed by atoms with Crippen LogP contribution in [-0.4, -0.2) is 0 Å². The zero-order valence-electron chi connectivity index (χ0n) is 15.6. The standard InChI is InChI=1S/C23H32F2/c1-2-3-4-6-17-9-11-18(12-10-17)19-13-15-20(16-14-19)21-7-5-8-22(24)23(21)25/h5,7-8,15,17-19H,2-4,6,9-14,16H2,1H3. The molecule has 2 aliphatic carbocycles. The van der Waals surface area contributed by atoms with E-state index < -0.39 is 11.6 Å². The highest BCUT2D eigenvalue weighted by Crippen LogP contribution is 2.42. The molecular formula is C23H32F2. The van der Waals surface area contributed by atoms with Gasteiger partial charge in [-0.1, -0.05) is 63.7 Å². The van der Waals surface area contributed by atoms with Crippen LogP contribution >= 0.6 is 0 Å². The summed E-state index contributed by atoms with van der Waals surface area (Å²) in [6.45, 7) is 2.28. The lowest BCUT2D eigenvalue weighted by Crippen LogP contribution is -2.23. The number of hydrogen-bond donors (Lipinski definition) is 0. The molecule has 0 bridgehead atoms. The van der Waals surface area contributed by atoms with Gasteiger partial charge in [-0.15, -0.1) is 0 Å². The van der Waals surface area contributed by atoms with Gasteiger partial charge in [0, 0.05) is 5.56 Å². The van der Waals surface area contributed by atoms with Crippen LogP contribution in [0, 0.1) is 29.4 Å². The fourth-order valence-electron chi connectivity index (χ4n) is 4.91. The Labute approximate surface area is 151 Å². The summed E-state index contributed by atoms with van der Waals surface area (Å²) >= 11 is 0. The molecule has 1 fully saturated rings. The molecule has 2 aliphatic rings. The molecule has 1 unspecified atom stereocenters. The van der Waals surface area contributed by atoms with E-state index in [4.69, 9.17) is 0 Å². The molecule has 3 rings (SSSR count). The largest absolute Gasteiger partial charge is 0.204 e. The Bertz CT molecular complexity index is 582. The molecule has 1 atom stereocenters. The van der Waals surface area contributed by atoms with Crippen molar-refractivity contribution >= 4 is 5.57 Å². The molecule has 0 aromatic heterocycles. The first-order valence-electron chi connectivity index (χ1n) is 10.3. The van der Waals surface area contributed by atoms with Crippen molar-refractivity contribution in [3.05, 3.63) is 41.5 Å². The van der Waals surface area contributed by atoms with Crippen molar-refractivity contribution in [3.63, 3.8) is 0 Å². The van der Waals surface area contributed by atoms with E-state index in [1.807, 2.05) is 0 Å². The lowest BCUT2D eigenvalue weighted by molar-refractivity contribution is 0.187. The summed E-state index contributed by atoms with van der Waals surface area (Å²) in [5, 5.41) is 0. The summed E-state index contributed by atoms with van der Waals surface area (Å²) < 4.78 is 27.4. The Morgan fingerprint density at radius 1 is 0.960 bits per heavy atom. The predicted molar refractivity (Wildman–Crippen MR) is 101 cm³/mol. The minimum Gasteiger partial charge on any atom is -0.204 e. The Balaban J connectivity index is 1.51. The Hall–Kier alpha value is -1.18. The van der Waals surface area contributed by atoms with E-state index in [0.29, 0.717) is 5.56 Å². The van der Waals surface area contributed by atoms with E-state index in [0.717, 1.165) is 42.6 Å². The van der Waals surface area contributed by atoms with E-state index in [1.54, 1.807) is 12.1 Å². The van der Waals surface area contributed by atoms with Gasteiger partial charge in [-0.25, -0.2) is 8.78 Å². The highest BCUT2D eigenvalue weighted by atomic mass is 19.2. The van der Waals surface area contributed by atoms with Crippen LogP contribution in [-0.2, 0) is 0 Å². The van der Waals surface area contributed by atoms with Crippen LogP contribution in [0.1, 0.15) is 83.1 Å². The fourth-order valence-corrected chi connectivity index (χ4v) is 4.91. The first-order valence-corrected chi connectivity index (χ1v) is 10.3. The third-order valence-corrected chi connectivity index (χ3v) is 6.52. The van der Waals surface area contributed by atoms with Gasteiger partial charge in [-0.2, -0.15) is 0 Å². The topological polar surface area (TPSA) is 0 Å². The molecule has 0 amide bonds. The van der Waals surface area contributed by atoms with Crippen molar-refractivity contribution in [2.45, 2.75) is 77.6 Å². The van der Waals surface area contributed by atoms with Crippen LogP contribution in [0.2, 0.25) is 0 Å². The van der Waals surface area contributed by atoms with E-state index in [-0.39, 0.29) is 0 Å². The van der Waals surface area contributed by atoms with Gasteiger partial charge >= 0.3 is 0 Å². The minimum absolute atomic E-state index is 0.470. The SMILES string of the molecule is CCCCCC1CCC(C2CC=C(c3cccc(F)c3F)CC2)CC1. The number of unbranched alkanes of at least 4 members (excludes halogenated alkanes) is 2. The molecule has 0 spiro atoms. The van der Waals surface area contributed by atoms with Crippen molar-refractivity contribution in [2.24, 2.45) is 17.8 Å². The molecule has 0 N–H and O–H groups in total. The second-order valence-corrected chi connectivity index (χ2v) is 8.14. The predicted octanol–water partition coefficient (Wildman–Crippen LogP) is 7.54. The first-order chi connectivity index (χ1) is 12.2. The first kappa shape index (κ1) is 18.6. The average Bonchev–Trinajstić information content (AvgIpc) is 2.65. The number of halogens is 2. The van der Waals surface area contributed by atoms with Crippen molar-refractivity contribution < 1.29 is 8.78 Å². The number of hydrogen-bond acceptors (Lipinski definition) is 0. The Morgan fingerprint density at radius 3 is 2.44 bits per heavy atom. The van der Waals surface area contributed by atoms with Gasteiger partial charge in [0.1, 0.15) is 0 Å². The summed E-state index contributed by atoms with van der Waals surface area (Å²) in [5.74, 6) is 1.13. The smallest absolute Gasteiger partial charge is 0.166 e. The van der Waals surface area contributed by atoms with Crippen LogP contribution in [0.5, 0.6) is 0 Å². The third-order valence-electron chi connectivity index (χ3n) is 6.52. The van der Waals surface area contributed by atoms with Crippen LogP contribution in [0.3, 0.4) is 0 Å². The quantitative estimate of drug-likeness (QED) is 0.467. The van der Waals surface area contributed by atoms with Gasteiger partial charge in [0.15, 0.2) is 11.6 Å². The Kier molecular flexibility index (Phi) is 6.67. The monoisotopic (exact) mass is 346 g/mol. The zero-order chi connectivity index (χ0) is 17.6. The van der Waals surface area contributed by atoms with Crippen molar-refractivity contribution in [1.82, 2.24) is 0 Å². The van der Waals surface area contributed by atoms with Crippen LogP contribution < -0.4 is 0 Å². The van der Waals surface area contributed by atoms with E-state index >= 15 is 0 Å². The summed E-state index contributed by atoms with van der Waals surface area (Å²) in [7, 11) is 0. The summed E-state index contributed by atoms with van der Waals surface area (Å²) in [5.41, 5.74) is 1.47. The molecular weight excluding hydrogens is 314 g/mol. The molecule has 0 nitrogen and oxygen atoms in total. The third kappa shape index (κ3) is 4.71. The normalized spacial score (nSPS) is 27.2. The fraction of sp³-hybridized carbons (Fsp3) is 0.652. The molecule has 2 heteroatoms. The van der Waals surface area contributed by atoms with Crippen LogP contribution in [0.25, 0.3) is 5.57 Å². The number of rotatable bonds is 6. The average molecular weight is 347 g/mol. The lowest BCUT2D eigenvalue weighted by atomic mass is 9.70. The molecule has 1 aromatic carbocycles. The molecule has 0 aliphatic heterocycles. The van der Waals surface area contributed by atoms with Crippen molar-refractivity contribution in [2.75, 3.05) is 0 Å². The molecule has 0 saturated heterocycles. The maximum atomic E-state index is 14.0. The van der Waals surface area contributed by atoms with Gasteiger partial charge in [0.25, 0.3) is 0 Å². The molecule has 0 heterocycles. The highest BCUT2D eigenvalue weighted by Gasteiger charge is 2.29. The highest BCUT2D eigenvalue weighted by molar-refractivity contribution is 5.66. The number of benzene rings is 1. The molecule has 1 saturated carbocycles. The molecule has 0 radical (unpaired) electrons. The molecule has 138 valence electrons. The second-order valence-electron chi connectivity index (χ2n) is 8.14. The summed E-state index contributed by atoms with van der Waals surface area (Å²) in [6.07, 6.45) is 16.3. The maximum absolute atomic E-state index is 14.0. The summed E-state index contributed by atoms with van der Waals surface area (Å²) in [6, 6.07) is 4.52. The van der Waals surface area contributed by atoms with E-state index in [9.17, 15) is 8.78 Å². The van der Waals surface area contributed by atoms with Gasteiger partial charge in [-0.05, 0) is 61.5 Å².